The molecule has 0 spiro atoms. The Labute approximate surface area is 148 Å². The van der Waals surface area contributed by atoms with Crippen molar-refractivity contribution >= 4 is 34.0 Å². The third kappa shape index (κ3) is 3.16. The van der Waals surface area contributed by atoms with Crippen LogP contribution in [0.3, 0.4) is 0 Å². The lowest BCUT2D eigenvalue weighted by molar-refractivity contribution is -0.122. The topological polar surface area (TPSA) is 62.3 Å². The summed E-state index contributed by atoms with van der Waals surface area (Å²) < 4.78 is 13.9. The first-order valence-corrected chi connectivity index (χ1v) is 9.28. The zero-order valence-corrected chi connectivity index (χ0v) is 14.4. The summed E-state index contributed by atoms with van der Waals surface area (Å²) in [6.07, 6.45) is 4.37. The summed E-state index contributed by atoms with van der Waals surface area (Å²) >= 11 is 1.52. The van der Waals surface area contributed by atoms with Gasteiger partial charge in [-0.25, -0.2) is 9.37 Å². The number of hydrogen-bond acceptors (Lipinski definition) is 4. The van der Waals surface area contributed by atoms with Gasteiger partial charge in [0.05, 0.1) is 17.3 Å². The molecule has 1 aromatic heterocycles. The van der Waals surface area contributed by atoms with E-state index in [1.807, 2.05) is 0 Å². The molecule has 4 rings (SSSR count). The van der Waals surface area contributed by atoms with Gasteiger partial charge in [0.1, 0.15) is 5.82 Å². The maximum absolute atomic E-state index is 13.9. The zero-order valence-electron chi connectivity index (χ0n) is 13.6. The van der Waals surface area contributed by atoms with Crippen molar-refractivity contribution in [3.05, 3.63) is 40.7 Å². The monoisotopic (exact) mass is 359 g/mol. The highest BCUT2D eigenvalue weighted by atomic mass is 32.1. The Bertz CT molecular complexity index is 812. The molecule has 2 heterocycles. The number of aryl methyl sites for hydroxylation is 2. The summed E-state index contributed by atoms with van der Waals surface area (Å²) in [7, 11) is 0. The number of para-hydroxylation sites is 1. The second-order valence-electron chi connectivity index (χ2n) is 6.44. The number of hydrogen-bond donors (Lipinski definition) is 1. The van der Waals surface area contributed by atoms with Gasteiger partial charge in [0.15, 0.2) is 5.13 Å². The van der Waals surface area contributed by atoms with E-state index in [0.717, 1.165) is 31.4 Å². The molecule has 5 nitrogen and oxygen atoms in total. The molecule has 1 aromatic carbocycles. The Balaban J connectivity index is 1.46. The van der Waals surface area contributed by atoms with Crippen molar-refractivity contribution in [3.63, 3.8) is 0 Å². The summed E-state index contributed by atoms with van der Waals surface area (Å²) in [6.45, 7) is 0.191. The number of aromatic nitrogens is 1. The molecular weight excluding hydrogens is 341 g/mol. The summed E-state index contributed by atoms with van der Waals surface area (Å²) in [5.41, 5.74) is 1.31. The minimum Gasteiger partial charge on any atom is -0.309 e. The Morgan fingerprint density at radius 1 is 1.28 bits per heavy atom. The van der Waals surface area contributed by atoms with E-state index in [9.17, 15) is 14.0 Å². The molecule has 0 bridgehead atoms. The van der Waals surface area contributed by atoms with Gasteiger partial charge in [-0.2, -0.15) is 0 Å². The molecule has 0 unspecified atom stereocenters. The molecule has 0 radical (unpaired) electrons. The number of halogens is 1. The van der Waals surface area contributed by atoms with Gasteiger partial charge in [0, 0.05) is 17.8 Å². The van der Waals surface area contributed by atoms with Crippen molar-refractivity contribution in [3.8, 4) is 0 Å². The zero-order chi connectivity index (χ0) is 17.4. The third-order valence-electron chi connectivity index (χ3n) is 4.71. The number of amides is 2. The van der Waals surface area contributed by atoms with E-state index in [-0.39, 0.29) is 30.5 Å². The van der Waals surface area contributed by atoms with Crippen LogP contribution in [0, 0.1) is 11.7 Å². The number of rotatable bonds is 3. The van der Waals surface area contributed by atoms with Crippen LogP contribution < -0.4 is 10.2 Å². The second kappa shape index (κ2) is 6.55. The molecule has 1 atom stereocenters. The van der Waals surface area contributed by atoms with Gasteiger partial charge >= 0.3 is 0 Å². The molecule has 2 aromatic rings. The third-order valence-corrected chi connectivity index (χ3v) is 5.79. The lowest BCUT2D eigenvalue weighted by Gasteiger charge is -2.17. The fourth-order valence-corrected chi connectivity index (χ4v) is 4.45. The number of nitrogens with one attached hydrogen (secondary N) is 1. The summed E-state index contributed by atoms with van der Waals surface area (Å²) in [5, 5.41) is 3.45. The minimum atomic E-state index is -0.493. The maximum atomic E-state index is 13.9. The number of benzene rings is 1. The first-order valence-electron chi connectivity index (χ1n) is 8.46. The molecule has 1 saturated heterocycles. The highest BCUT2D eigenvalue weighted by molar-refractivity contribution is 7.15. The van der Waals surface area contributed by atoms with Crippen LogP contribution >= 0.6 is 11.3 Å². The molecule has 0 saturated carbocycles. The molecule has 1 N–H and O–H groups in total. The van der Waals surface area contributed by atoms with E-state index in [0.29, 0.717) is 5.13 Å². The van der Waals surface area contributed by atoms with Crippen molar-refractivity contribution < 1.29 is 14.0 Å². The van der Waals surface area contributed by atoms with Crippen molar-refractivity contribution in [1.82, 2.24) is 4.98 Å². The predicted octanol–water partition coefficient (Wildman–Crippen LogP) is 3.15. The average molecular weight is 359 g/mol. The highest BCUT2D eigenvalue weighted by Crippen LogP contribution is 2.31. The first-order chi connectivity index (χ1) is 12.1. The van der Waals surface area contributed by atoms with Gasteiger partial charge in [-0.3, -0.25) is 9.59 Å². The van der Waals surface area contributed by atoms with Crippen LogP contribution in [-0.4, -0.2) is 23.3 Å². The summed E-state index contributed by atoms with van der Waals surface area (Å²) in [6, 6.07) is 6.13. The Kier molecular flexibility index (Phi) is 4.25. The van der Waals surface area contributed by atoms with Gasteiger partial charge in [-0.1, -0.05) is 12.1 Å². The molecule has 2 amide bonds. The molecule has 130 valence electrons. The lowest BCUT2D eigenvalue weighted by Crippen LogP contribution is -2.28. The van der Waals surface area contributed by atoms with Gasteiger partial charge in [0.25, 0.3) is 0 Å². The molecule has 25 heavy (non-hydrogen) atoms. The number of fused-ring (bicyclic) bond motifs is 1. The number of carbonyl (C=O) groups excluding carboxylic acids is 2. The standard InChI is InChI=1S/C18H18FN3O2S/c19-12-5-1-3-7-14(12)22-10-11(9-16(22)23)17(24)21-18-20-13-6-2-4-8-15(13)25-18/h1,3,5,7,11H,2,4,6,8-10H2,(H,20,21,24)/t11-/m1/s1. The smallest absolute Gasteiger partial charge is 0.231 e. The van der Waals surface area contributed by atoms with Crippen LogP contribution in [0.2, 0.25) is 0 Å². The number of carbonyl (C=O) groups is 2. The van der Waals surface area contributed by atoms with E-state index in [2.05, 4.69) is 10.3 Å². The predicted molar refractivity (Wildman–Crippen MR) is 94.2 cm³/mol. The van der Waals surface area contributed by atoms with Crippen molar-refractivity contribution in [1.29, 1.82) is 0 Å². The van der Waals surface area contributed by atoms with Crippen molar-refractivity contribution in [2.24, 2.45) is 5.92 Å². The van der Waals surface area contributed by atoms with E-state index in [1.165, 1.54) is 27.2 Å². The van der Waals surface area contributed by atoms with Crippen LogP contribution in [0.25, 0.3) is 0 Å². The SMILES string of the molecule is O=C(Nc1nc2c(s1)CCCC2)[C@@H]1CC(=O)N(c2ccccc2F)C1. The summed E-state index contributed by atoms with van der Waals surface area (Å²) in [5.74, 6) is -1.40. The van der Waals surface area contributed by atoms with Gasteiger partial charge in [-0.05, 0) is 37.8 Å². The Morgan fingerprint density at radius 3 is 2.88 bits per heavy atom. The fourth-order valence-electron chi connectivity index (χ4n) is 3.40. The quantitative estimate of drug-likeness (QED) is 0.916. The van der Waals surface area contributed by atoms with E-state index >= 15 is 0 Å². The van der Waals surface area contributed by atoms with Crippen LogP contribution in [0.5, 0.6) is 0 Å². The van der Waals surface area contributed by atoms with Crippen LogP contribution in [0.1, 0.15) is 29.8 Å². The summed E-state index contributed by atoms with van der Waals surface area (Å²) in [4.78, 5) is 31.8. The van der Waals surface area contributed by atoms with Crippen LogP contribution in [0.4, 0.5) is 15.2 Å². The van der Waals surface area contributed by atoms with E-state index in [4.69, 9.17) is 0 Å². The van der Waals surface area contributed by atoms with E-state index in [1.54, 1.807) is 18.2 Å². The molecule has 2 aliphatic rings. The molecule has 1 fully saturated rings. The first kappa shape index (κ1) is 16.2. The van der Waals surface area contributed by atoms with Gasteiger partial charge < -0.3 is 10.2 Å². The normalized spacial score (nSPS) is 19.8. The molecule has 1 aliphatic heterocycles. The Hall–Kier alpha value is -2.28. The van der Waals surface area contributed by atoms with Gasteiger partial charge in [-0.15, -0.1) is 11.3 Å². The number of anilines is 2. The molecular formula is C18H18FN3O2S. The Morgan fingerprint density at radius 2 is 2.08 bits per heavy atom. The van der Waals surface area contributed by atoms with Crippen molar-refractivity contribution in [2.45, 2.75) is 32.1 Å². The van der Waals surface area contributed by atoms with Gasteiger partial charge in [0.2, 0.25) is 11.8 Å². The highest BCUT2D eigenvalue weighted by Gasteiger charge is 2.36. The minimum absolute atomic E-state index is 0.0885. The second-order valence-corrected chi connectivity index (χ2v) is 7.53. The number of nitrogens with zero attached hydrogens (tertiary/aromatic N) is 2. The van der Waals surface area contributed by atoms with E-state index < -0.39 is 11.7 Å². The number of thiazole rings is 1. The van der Waals surface area contributed by atoms with Crippen LogP contribution in [-0.2, 0) is 22.4 Å². The largest absolute Gasteiger partial charge is 0.309 e. The van der Waals surface area contributed by atoms with Crippen LogP contribution in [0.15, 0.2) is 24.3 Å². The fraction of sp³-hybridized carbons (Fsp3) is 0.389. The van der Waals surface area contributed by atoms with Crippen molar-refractivity contribution in [2.75, 3.05) is 16.8 Å². The molecule has 7 heteroatoms. The lowest BCUT2D eigenvalue weighted by atomic mass is 10.0. The molecule has 1 aliphatic carbocycles. The average Bonchev–Trinajstić information content (AvgIpc) is 3.18. The maximum Gasteiger partial charge on any atom is 0.231 e.